The molecule has 92 valence electrons. The van der Waals surface area contributed by atoms with Crippen LogP contribution in [-0.4, -0.2) is 30.0 Å². The van der Waals surface area contributed by atoms with E-state index < -0.39 is 17.9 Å². The number of rotatable bonds is 1. The molecular formula is C12H15F2N3. The van der Waals surface area contributed by atoms with Gasteiger partial charge >= 0.3 is 0 Å². The molecule has 1 aliphatic heterocycles. The highest BCUT2D eigenvalue weighted by Gasteiger charge is 2.37. The third-order valence-electron chi connectivity index (χ3n) is 3.18. The SMILES string of the molecule is [2H]C1(C#N)C=CC(N)=CC1N1CCC(F)(F)CC1. The summed E-state index contributed by atoms with van der Waals surface area (Å²) in [7, 11) is 0. The van der Waals surface area contributed by atoms with Gasteiger partial charge in [-0.05, 0) is 12.2 Å². The predicted octanol–water partition coefficient (Wildman–Crippen LogP) is 1.64. The average Bonchev–Trinajstić information content (AvgIpc) is 2.33. The number of hydrogen-bond donors (Lipinski definition) is 1. The molecule has 0 saturated carbocycles. The maximum atomic E-state index is 13.1. The van der Waals surface area contributed by atoms with Crippen molar-refractivity contribution < 1.29 is 10.2 Å². The zero-order valence-electron chi connectivity index (χ0n) is 10.4. The fourth-order valence-electron chi connectivity index (χ4n) is 2.15. The lowest BCUT2D eigenvalue weighted by Crippen LogP contribution is -2.47. The summed E-state index contributed by atoms with van der Waals surface area (Å²) in [6.07, 6.45) is 4.09. The van der Waals surface area contributed by atoms with Crippen LogP contribution < -0.4 is 5.73 Å². The summed E-state index contributed by atoms with van der Waals surface area (Å²) in [5.41, 5.74) is 6.14. The molecule has 0 aromatic carbocycles. The van der Waals surface area contributed by atoms with E-state index in [1.165, 1.54) is 12.2 Å². The smallest absolute Gasteiger partial charge is 0.250 e. The van der Waals surface area contributed by atoms with Gasteiger partial charge in [-0.25, -0.2) is 8.78 Å². The van der Waals surface area contributed by atoms with Crippen LogP contribution in [0, 0.1) is 17.2 Å². The molecule has 0 spiro atoms. The number of likely N-dealkylation sites (tertiary alicyclic amines) is 1. The van der Waals surface area contributed by atoms with Crippen LogP contribution in [0.3, 0.4) is 0 Å². The molecule has 2 N–H and O–H groups in total. The van der Waals surface area contributed by atoms with Gasteiger partial charge in [0.2, 0.25) is 0 Å². The van der Waals surface area contributed by atoms with E-state index in [1.54, 1.807) is 11.0 Å². The Morgan fingerprint density at radius 1 is 1.53 bits per heavy atom. The molecule has 0 aromatic rings. The van der Waals surface area contributed by atoms with Crippen LogP contribution in [0.25, 0.3) is 0 Å². The zero-order valence-corrected chi connectivity index (χ0v) is 9.37. The second kappa shape index (κ2) is 4.46. The van der Waals surface area contributed by atoms with Crippen molar-refractivity contribution in [2.75, 3.05) is 13.1 Å². The molecule has 0 radical (unpaired) electrons. The number of nitrogens with zero attached hydrogens (tertiary/aromatic N) is 2. The van der Waals surface area contributed by atoms with E-state index >= 15 is 0 Å². The molecule has 5 heteroatoms. The first-order valence-corrected chi connectivity index (χ1v) is 5.56. The number of nitrogens with two attached hydrogens (primary N) is 1. The van der Waals surface area contributed by atoms with Gasteiger partial charge in [0.25, 0.3) is 5.92 Å². The van der Waals surface area contributed by atoms with E-state index in [0.29, 0.717) is 5.70 Å². The Morgan fingerprint density at radius 3 is 2.76 bits per heavy atom. The molecule has 1 aliphatic carbocycles. The number of allylic oxidation sites excluding steroid dienone is 1. The molecule has 3 nitrogen and oxygen atoms in total. The van der Waals surface area contributed by atoms with Gasteiger partial charge in [0.1, 0.15) is 0 Å². The summed E-state index contributed by atoms with van der Waals surface area (Å²) in [4.78, 5) is 1.74. The minimum Gasteiger partial charge on any atom is -0.399 e. The second-order valence-electron chi connectivity index (χ2n) is 4.40. The Kier molecular flexibility index (Phi) is 2.81. The number of alkyl halides is 2. The number of halogens is 2. The Balaban J connectivity index is 2.17. The Morgan fingerprint density at radius 2 is 2.18 bits per heavy atom. The molecule has 1 fully saturated rings. The predicted molar refractivity (Wildman–Crippen MR) is 60.1 cm³/mol. The Bertz CT molecular complexity index is 431. The topological polar surface area (TPSA) is 53.1 Å². The van der Waals surface area contributed by atoms with Crippen LogP contribution in [-0.2, 0) is 0 Å². The van der Waals surface area contributed by atoms with Crippen molar-refractivity contribution in [3.8, 4) is 6.07 Å². The third-order valence-corrected chi connectivity index (χ3v) is 3.18. The molecule has 2 unspecified atom stereocenters. The first-order valence-electron chi connectivity index (χ1n) is 6.06. The summed E-state index contributed by atoms with van der Waals surface area (Å²) < 4.78 is 34.3. The normalized spacial score (nSPS) is 38.1. The highest BCUT2D eigenvalue weighted by Crippen LogP contribution is 2.31. The van der Waals surface area contributed by atoms with Crippen LogP contribution >= 0.6 is 0 Å². The van der Waals surface area contributed by atoms with Crippen LogP contribution in [0.15, 0.2) is 23.9 Å². The van der Waals surface area contributed by atoms with Crippen molar-refractivity contribution in [2.45, 2.75) is 24.8 Å². The van der Waals surface area contributed by atoms with Crippen LogP contribution in [0.2, 0.25) is 0 Å². The van der Waals surface area contributed by atoms with Crippen molar-refractivity contribution in [3.05, 3.63) is 23.9 Å². The van der Waals surface area contributed by atoms with Gasteiger partial charge in [-0.2, -0.15) is 5.26 Å². The van der Waals surface area contributed by atoms with Crippen molar-refractivity contribution in [1.82, 2.24) is 4.90 Å². The summed E-state index contributed by atoms with van der Waals surface area (Å²) in [5, 5.41) is 9.11. The lowest BCUT2D eigenvalue weighted by Gasteiger charge is -2.38. The Labute approximate surface area is 101 Å². The van der Waals surface area contributed by atoms with E-state index in [9.17, 15) is 8.78 Å². The minimum atomic E-state index is -2.63. The lowest BCUT2D eigenvalue weighted by molar-refractivity contribution is -0.0611. The van der Waals surface area contributed by atoms with Crippen molar-refractivity contribution in [1.29, 1.82) is 5.26 Å². The molecule has 2 rings (SSSR count). The van der Waals surface area contributed by atoms with Crippen LogP contribution in [0.1, 0.15) is 14.2 Å². The Hall–Kier alpha value is -1.41. The summed E-state index contributed by atoms with van der Waals surface area (Å²) in [5.74, 6) is -4.08. The summed E-state index contributed by atoms with van der Waals surface area (Å²) >= 11 is 0. The quantitative estimate of drug-likeness (QED) is 0.758. The monoisotopic (exact) mass is 240 g/mol. The molecule has 0 bridgehead atoms. The molecule has 17 heavy (non-hydrogen) atoms. The van der Waals surface area contributed by atoms with Gasteiger partial charge < -0.3 is 5.73 Å². The van der Waals surface area contributed by atoms with Crippen LogP contribution in [0.5, 0.6) is 0 Å². The molecule has 2 aliphatic rings. The standard InChI is InChI=1S/C12H15F2N3/c13-12(14)3-5-17(6-4-12)11-7-10(16)2-1-9(11)8-15/h1-2,7,9,11H,3-6,16H2/i9D. The second-order valence-corrected chi connectivity index (χ2v) is 4.40. The lowest BCUT2D eigenvalue weighted by atomic mass is 9.92. The molecule has 1 saturated heterocycles. The highest BCUT2D eigenvalue weighted by atomic mass is 19.3. The van der Waals surface area contributed by atoms with E-state index in [1.807, 2.05) is 6.07 Å². The average molecular weight is 240 g/mol. The van der Waals surface area contributed by atoms with Gasteiger partial charge in [0.15, 0.2) is 0 Å². The maximum Gasteiger partial charge on any atom is 0.250 e. The van der Waals surface area contributed by atoms with Gasteiger partial charge in [0.05, 0.1) is 13.3 Å². The molecule has 1 heterocycles. The number of piperidine rings is 1. The van der Waals surface area contributed by atoms with E-state index in [-0.39, 0.29) is 25.9 Å². The van der Waals surface area contributed by atoms with Crippen LogP contribution in [0.4, 0.5) is 8.78 Å². The van der Waals surface area contributed by atoms with Crippen molar-refractivity contribution in [3.63, 3.8) is 0 Å². The minimum absolute atomic E-state index is 0.178. The molecular weight excluding hydrogens is 224 g/mol. The molecule has 0 aromatic heterocycles. The maximum absolute atomic E-state index is 13.1. The first-order chi connectivity index (χ1) is 8.36. The van der Waals surface area contributed by atoms with Crippen molar-refractivity contribution >= 4 is 0 Å². The van der Waals surface area contributed by atoms with Gasteiger partial charge in [0, 0.05) is 37.7 Å². The van der Waals surface area contributed by atoms with E-state index in [2.05, 4.69) is 0 Å². The van der Waals surface area contributed by atoms with Gasteiger partial charge in [-0.1, -0.05) is 6.08 Å². The zero-order chi connectivity index (χ0) is 13.4. The van der Waals surface area contributed by atoms with E-state index in [4.69, 9.17) is 12.4 Å². The van der Waals surface area contributed by atoms with Crippen molar-refractivity contribution in [2.24, 2.45) is 11.6 Å². The van der Waals surface area contributed by atoms with Gasteiger partial charge in [-0.15, -0.1) is 0 Å². The van der Waals surface area contributed by atoms with Gasteiger partial charge in [-0.3, -0.25) is 4.90 Å². The summed E-state index contributed by atoms with van der Waals surface area (Å²) in [6.45, 7) is 0.356. The fraction of sp³-hybridized carbons (Fsp3) is 0.583. The highest BCUT2D eigenvalue weighted by molar-refractivity contribution is 5.28. The number of hydrogen-bond acceptors (Lipinski definition) is 3. The fourth-order valence-corrected chi connectivity index (χ4v) is 2.15. The molecule has 2 atom stereocenters. The number of nitriles is 1. The third kappa shape index (κ3) is 2.64. The largest absolute Gasteiger partial charge is 0.399 e. The van der Waals surface area contributed by atoms with E-state index in [0.717, 1.165) is 0 Å². The molecule has 0 amide bonds. The summed E-state index contributed by atoms with van der Waals surface area (Å²) in [6, 6.07) is 1.37. The first kappa shape index (κ1) is 10.7.